The molecule has 1 atom stereocenters. The van der Waals surface area contributed by atoms with E-state index in [1.807, 2.05) is 0 Å². The van der Waals surface area contributed by atoms with E-state index in [9.17, 15) is 9.59 Å². The van der Waals surface area contributed by atoms with Gasteiger partial charge in [0.1, 0.15) is 37.4 Å². The van der Waals surface area contributed by atoms with Crippen molar-refractivity contribution in [2.75, 3.05) is 19.8 Å². The molecule has 0 N–H and O–H groups in total. The van der Waals surface area contributed by atoms with Gasteiger partial charge in [-0.3, -0.25) is 0 Å². The van der Waals surface area contributed by atoms with Crippen LogP contribution in [0, 0.1) is 23.7 Å². The van der Waals surface area contributed by atoms with Crippen LogP contribution in [0.3, 0.4) is 0 Å². The number of carbonyl (C=O) groups is 2. The van der Waals surface area contributed by atoms with Crippen LogP contribution in [0.4, 0.5) is 0 Å². The first-order valence-electron chi connectivity index (χ1n) is 22.1. The van der Waals surface area contributed by atoms with Gasteiger partial charge in [-0.1, -0.05) is 115 Å². The SMILES string of the molecule is CCCCCCC[C@H]1CC[C@H](C=CCOc2ccc(C(=O)OC[C@@H](C)OC(=O)c3ccc(OCC=C[C@H]4CC[C@H](CCCCCCC)CC4)cc3)cc2)CC1. The molecule has 0 heterocycles. The average molecular weight is 757 g/mol. The number of unbranched alkanes of at least 4 members (excludes halogenated alkanes) is 8. The van der Waals surface area contributed by atoms with Crippen molar-refractivity contribution in [3.8, 4) is 11.5 Å². The molecule has 0 spiro atoms. The van der Waals surface area contributed by atoms with E-state index in [2.05, 4.69) is 38.2 Å². The van der Waals surface area contributed by atoms with E-state index in [4.69, 9.17) is 18.9 Å². The molecule has 0 bridgehead atoms. The standard InChI is InChI=1S/C49H72O6/c1-4-6-8-10-12-16-40-20-24-42(25-21-40)18-14-36-52-46-32-28-44(29-33-46)48(50)54-38-39(3)55-49(51)45-30-34-47(35-31-45)53-37-15-19-43-26-22-41(23-27-43)17-13-11-9-7-5-2/h14-15,18-19,28-35,39-43H,4-13,16-17,20-27,36-38H2,1-3H3/t39-,40-,41-,42-,43-/m1/s1. The van der Waals surface area contributed by atoms with Gasteiger partial charge in [0.15, 0.2) is 0 Å². The second-order valence-corrected chi connectivity index (χ2v) is 16.3. The highest BCUT2D eigenvalue weighted by atomic mass is 16.6. The van der Waals surface area contributed by atoms with Crippen LogP contribution in [0.5, 0.6) is 11.5 Å². The van der Waals surface area contributed by atoms with Crippen molar-refractivity contribution in [2.45, 2.75) is 155 Å². The van der Waals surface area contributed by atoms with E-state index in [0.29, 0.717) is 47.7 Å². The molecule has 304 valence electrons. The maximum absolute atomic E-state index is 12.7. The summed E-state index contributed by atoms with van der Waals surface area (Å²) in [7, 11) is 0. The third kappa shape index (κ3) is 17.9. The Labute approximate surface area is 333 Å². The molecule has 2 saturated carbocycles. The van der Waals surface area contributed by atoms with Gasteiger partial charge in [-0.2, -0.15) is 0 Å². The molecule has 0 amide bonds. The number of carbonyl (C=O) groups excluding carboxylic acids is 2. The highest BCUT2D eigenvalue weighted by Gasteiger charge is 2.20. The third-order valence-corrected chi connectivity index (χ3v) is 11.7. The summed E-state index contributed by atoms with van der Waals surface area (Å²) in [6.07, 6.45) is 35.4. The molecular formula is C49H72O6. The lowest BCUT2D eigenvalue weighted by atomic mass is 9.79. The van der Waals surface area contributed by atoms with Crippen LogP contribution < -0.4 is 9.47 Å². The molecular weight excluding hydrogens is 685 g/mol. The lowest BCUT2D eigenvalue weighted by molar-refractivity contribution is 0.00447. The van der Waals surface area contributed by atoms with Gasteiger partial charge in [0, 0.05) is 0 Å². The second-order valence-electron chi connectivity index (χ2n) is 16.3. The molecule has 0 radical (unpaired) electrons. The molecule has 2 aromatic rings. The Morgan fingerprint density at radius 1 is 0.582 bits per heavy atom. The first-order valence-corrected chi connectivity index (χ1v) is 22.1. The molecule has 4 rings (SSSR count). The maximum atomic E-state index is 12.7. The summed E-state index contributed by atoms with van der Waals surface area (Å²) in [6.45, 7) is 7.24. The lowest BCUT2D eigenvalue weighted by Crippen LogP contribution is -2.22. The van der Waals surface area contributed by atoms with Gasteiger partial charge in [0.05, 0.1) is 11.1 Å². The summed E-state index contributed by atoms with van der Waals surface area (Å²) in [6, 6.07) is 13.9. The van der Waals surface area contributed by atoms with Crippen LogP contribution in [0.15, 0.2) is 72.8 Å². The number of ether oxygens (including phenoxy) is 4. The number of esters is 2. The minimum Gasteiger partial charge on any atom is -0.490 e. The Balaban J connectivity index is 1.04. The summed E-state index contributed by atoms with van der Waals surface area (Å²) < 4.78 is 22.7. The molecule has 6 heteroatoms. The van der Waals surface area contributed by atoms with Crippen molar-refractivity contribution in [2.24, 2.45) is 23.7 Å². The van der Waals surface area contributed by atoms with E-state index in [-0.39, 0.29) is 6.61 Å². The molecule has 2 fully saturated rings. The van der Waals surface area contributed by atoms with Gasteiger partial charge < -0.3 is 18.9 Å². The fourth-order valence-electron chi connectivity index (χ4n) is 8.13. The summed E-state index contributed by atoms with van der Waals surface area (Å²) in [4.78, 5) is 25.4. The summed E-state index contributed by atoms with van der Waals surface area (Å²) >= 11 is 0. The van der Waals surface area contributed by atoms with Gasteiger partial charge >= 0.3 is 11.9 Å². The van der Waals surface area contributed by atoms with E-state index in [1.165, 1.54) is 128 Å². The second kappa shape index (κ2) is 26.3. The highest BCUT2D eigenvalue weighted by Crippen LogP contribution is 2.34. The zero-order chi connectivity index (χ0) is 38.9. The zero-order valence-corrected chi connectivity index (χ0v) is 34.5. The van der Waals surface area contributed by atoms with Crippen molar-refractivity contribution in [3.63, 3.8) is 0 Å². The van der Waals surface area contributed by atoms with Crippen LogP contribution >= 0.6 is 0 Å². The van der Waals surface area contributed by atoms with Gasteiger partial charge in [-0.15, -0.1) is 0 Å². The van der Waals surface area contributed by atoms with Crippen molar-refractivity contribution < 1.29 is 28.5 Å². The van der Waals surface area contributed by atoms with Crippen molar-refractivity contribution in [1.82, 2.24) is 0 Å². The molecule has 0 saturated heterocycles. The Morgan fingerprint density at radius 3 is 1.44 bits per heavy atom. The molecule has 0 aromatic heterocycles. The summed E-state index contributed by atoms with van der Waals surface area (Å²) in [5.74, 6) is 3.63. The normalized spacial score (nSPS) is 20.7. The Morgan fingerprint density at radius 2 is 1.00 bits per heavy atom. The predicted octanol–water partition coefficient (Wildman–Crippen LogP) is 13.3. The van der Waals surface area contributed by atoms with E-state index in [0.717, 1.165) is 11.8 Å². The van der Waals surface area contributed by atoms with E-state index < -0.39 is 18.0 Å². The van der Waals surface area contributed by atoms with Crippen LogP contribution in [0.2, 0.25) is 0 Å². The number of rotatable bonds is 25. The topological polar surface area (TPSA) is 71.1 Å². The number of allylic oxidation sites excluding steroid dienone is 2. The van der Waals surface area contributed by atoms with Crippen molar-refractivity contribution >= 4 is 11.9 Å². The fraction of sp³-hybridized carbons (Fsp3) is 0.633. The number of benzene rings is 2. The minimum absolute atomic E-state index is 0.0390. The van der Waals surface area contributed by atoms with Gasteiger partial charge in [0.2, 0.25) is 0 Å². The molecule has 0 unspecified atom stereocenters. The van der Waals surface area contributed by atoms with Gasteiger partial charge in [-0.25, -0.2) is 9.59 Å². The third-order valence-electron chi connectivity index (χ3n) is 11.7. The maximum Gasteiger partial charge on any atom is 0.338 e. The largest absolute Gasteiger partial charge is 0.490 e. The Bertz CT molecular complexity index is 1380. The molecule has 2 aromatic carbocycles. The predicted molar refractivity (Wildman–Crippen MR) is 225 cm³/mol. The van der Waals surface area contributed by atoms with Gasteiger partial charge in [0.25, 0.3) is 0 Å². The monoisotopic (exact) mass is 757 g/mol. The fourth-order valence-corrected chi connectivity index (χ4v) is 8.13. The van der Waals surface area contributed by atoms with Crippen LogP contribution in [-0.4, -0.2) is 37.9 Å². The summed E-state index contributed by atoms with van der Waals surface area (Å²) in [5, 5.41) is 0. The van der Waals surface area contributed by atoms with Crippen LogP contribution in [0.1, 0.15) is 170 Å². The molecule has 2 aliphatic carbocycles. The smallest absolute Gasteiger partial charge is 0.338 e. The first-order chi connectivity index (χ1) is 26.9. The average Bonchev–Trinajstić information content (AvgIpc) is 3.21. The zero-order valence-electron chi connectivity index (χ0n) is 34.5. The molecule has 0 aliphatic heterocycles. The first kappa shape index (κ1) is 44.2. The van der Waals surface area contributed by atoms with Crippen LogP contribution in [0.25, 0.3) is 0 Å². The summed E-state index contributed by atoms with van der Waals surface area (Å²) in [5.41, 5.74) is 0.842. The lowest BCUT2D eigenvalue weighted by Gasteiger charge is -2.26. The van der Waals surface area contributed by atoms with E-state index in [1.54, 1.807) is 55.5 Å². The highest BCUT2D eigenvalue weighted by molar-refractivity contribution is 5.90. The Hall–Kier alpha value is -3.54. The quantitative estimate of drug-likeness (QED) is 0.0571. The number of hydrogen-bond acceptors (Lipinski definition) is 6. The van der Waals surface area contributed by atoms with E-state index >= 15 is 0 Å². The van der Waals surface area contributed by atoms with Gasteiger partial charge in [-0.05, 0) is 130 Å². The minimum atomic E-state index is -0.599. The Kier molecular flexibility index (Phi) is 21.2. The van der Waals surface area contributed by atoms with Crippen molar-refractivity contribution in [3.05, 3.63) is 84.0 Å². The van der Waals surface area contributed by atoms with Crippen LogP contribution in [-0.2, 0) is 9.47 Å². The molecule has 55 heavy (non-hydrogen) atoms. The molecule has 2 aliphatic rings. The number of hydrogen-bond donors (Lipinski definition) is 0. The van der Waals surface area contributed by atoms with Crippen molar-refractivity contribution in [1.29, 1.82) is 0 Å². The molecule has 6 nitrogen and oxygen atoms in total.